The summed E-state index contributed by atoms with van der Waals surface area (Å²) in [7, 11) is 0. The standard InChI is InChI=1S/C2ClF3S2/c3-1(4)7-2(5,6)8-1. The van der Waals surface area contributed by atoms with Gasteiger partial charge in [0, 0.05) is 0 Å². The van der Waals surface area contributed by atoms with Gasteiger partial charge in [0.15, 0.2) is 0 Å². The Balaban J connectivity index is 2.42. The van der Waals surface area contributed by atoms with Crippen LogP contribution in [0, 0.1) is 0 Å². The van der Waals surface area contributed by atoms with Gasteiger partial charge in [0.25, 0.3) is 3.79 Å². The second-order valence-electron chi connectivity index (χ2n) is 1.13. The predicted octanol–water partition coefficient (Wildman–Crippen LogP) is 2.84. The van der Waals surface area contributed by atoms with Crippen molar-refractivity contribution in [2.45, 2.75) is 8.38 Å². The highest BCUT2D eigenvalue weighted by Crippen LogP contribution is 2.68. The number of halogens is 4. The van der Waals surface area contributed by atoms with Crippen LogP contribution >= 0.6 is 35.1 Å². The summed E-state index contributed by atoms with van der Waals surface area (Å²) in [6, 6.07) is 0. The van der Waals surface area contributed by atoms with E-state index in [1.165, 1.54) is 0 Å². The van der Waals surface area contributed by atoms with Gasteiger partial charge in [-0.25, -0.2) is 4.39 Å². The SMILES string of the molecule is FC1(F)SC(F)(Cl)S1. The van der Waals surface area contributed by atoms with Crippen LogP contribution in [0.4, 0.5) is 13.2 Å². The lowest BCUT2D eigenvalue weighted by Crippen LogP contribution is -2.29. The molecule has 6 heteroatoms. The Morgan fingerprint density at radius 2 is 1.50 bits per heavy atom. The highest BCUT2D eigenvalue weighted by Gasteiger charge is 2.59. The number of rotatable bonds is 0. The second kappa shape index (κ2) is 1.64. The summed E-state index contributed by atoms with van der Waals surface area (Å²) in [5.41, 5.74) is 0. The Labute approximate surface area is 57.1 Å². The fourth-order valence-corrected chi connectivity index (χ4v) is 2.78. The van der Waals surface area contributed by atoms with Gasteiger partial charge >= 0.3 is 4.59 Å². The van der Waals surface area contributed by atoms with Crippen molar-refractivity contribution in [2.24, 2.45) is 0 Å². The van der Waals surface area contributed by atoms with Crippen molar-refractivity contribution in [2.75, 3.05) is 0 Å². The molecule has 0 unspecified atom stereocenters. The lowest BCUT2D eigenvalue weighted by Gasteiger charge is -2.33. The highest BCUT2D eigenvalue weighted by atomic mass is 35.5. The van der Waals surface area contributed by atoms with Crippen molar-refractivity contribution in [3.8, 4) is 0 Å². The number of thioether (sulfide) groups is 2. The van der Waals surface area contributed by atoms with Crippen molar-refractivity contribution in [1.29, 1.82) is 0 Å². The minimum Gasteiger partial charge on any atom is -0.201 e. The first-order valence-electron chi connectivity index (χ1n) is 1.57. The molecule has 1 heterocycles. The maximum Gasteiger partial charge on any atom is 0.351 e. The van der Waals surface area contributed by atoms with Crippen LogP contribution in [0.3, 0.4) is 0 Å². The van der Waals surface area contributed by atoms with Crippen LogP contribution in [-0.2, 0) is 0 Å². The Morgan fingerprint density at radius 3 is 1.50 bits per heavy atom. The van der Waals surface area contributed by atoms with E-state index in [1.54, 1.807) is 0 Å². The Bertz CT molecular complexity index is 91.9. The van der Waals surface area contributed by atoms with Crippen LogP contribution < -0.4 is 0 Å². The molecule has 0 aromatic carbocycles. The molecule has 0 N–H and O–H groups in total. The van der Waals surface area contributed by atoms with E-state index < -0.39 is 8.38 Å². The maximum absolute atomic E-state index is 11.9. The molecule has 1 aliphatic heterocycles. The largest absolute Gasteiger partial charge is 0.351 e. The molecular weight excluding hydrogens is 181 g/mol. The fourth-order valence-electron chi connectivity index (χ4n) is 0.284. The molecule has 0 spiro atoms. The number of hydrogen-bond acceptors (Lipinski definition) is 2. The van der Waals surface area contributed by atoms with Gasteiger partial charge in [0.1, 0.15) is 0 Å². The average Bonchev–Trinajstić information content (AvgIpc) is 1.20. The summed E-state index contributed by atoms with van der Waals surface area (Å²) in [4.78, 5) is 0. The molecule has 0 aromatic heterocycles. The summed E-state index contributed by atoms with van der Waals surface area (Å²) in [5, 5.41) is 0. The van der Waals surface area contributed by atoms with E-state index in [9.17, 15) is 13.2 Å². The topological polar surface area (TPSA) is 0 Å². The van der Waals surface area contributed by atoms with E-state index in [2.05, 4.69) is 0 Å². The van der Waals surface area contributed by atoms with E-state index in [4.69, 9.17) is 11.6 Å². The third kappa shape index (κ3) is 1.39. The molecule has 0 aromatic rings. The molecule has 48 valence electrons. The van der Waals surface area contributed by atoms with Crippen molar-refractivity contribution in [3.63, 3.8) is 0 Å². The molecule has 0 aliphatic carbocycles. The van der Waals surface area contributed by atoms with Crippen molar-refractivity contribution in [1.82, 2.24) is 0 Å². The van der Waals surface area contributed by atoms with Gasteiger partial charge in [-0.15, -0.1) is 0 Å². The molecule has 0 bridgehead atoms. The molecule has 1 rings (SSSR count). The minimum atomic E-state index is -3.02. The minimum absolute atomic E-state index is 0.184. The fraction of sp³-hybridized carbons (Fsp3) is 1.00. The average molecular weight is 181 g/mol. The molecule has 1 saturated heterocycles. The third-order valence-electron chi connectivity index (χ3n) is 0.475. The van der Waals surface area contributed by atoms with Gasteiger partial charge < -0.3 is 0 Å². The van der Waals surface area contributed by atoms with Gasteiger partial charge in [-0.1, -0.05) is 11.6 Å². The summed E-state index contributed by atoms with van der Waals surface area (Å²) in [6.45, 7) is 0. The van der Waals surface area contributed by atoms with E-state index in [-0.39, 0.29) is 23.5 Å². The summed E-state index contributed by atoms with van der Waals surface area (Å²) < 4.78 is 29.9. The Hall–Kier alpha value is 0.780. The Morgan fingerprint density at radius 1 is 1.12 bits per heavy atom. The van der Waals surface area contributed by atoms with Crippen molar-refractivity contribution < 1.29 is 13.2 Å². The van der Waals surface area contributed by atoms with Crippen LogP contribution in [0.2, 0.25) is 0 Å². The monoisotopic (exact) mass is 180 g/mol. The van der Waals surface area contributed by atoms with Gasteiger partial charge in [-0.3, -0.25) is 0 Å². The van der Waals surface area contributed by atoms with Crippen LogP contribution in [0.5, 0.6) is 0 Å². The molecule has 0 nitrogen and oxygen atoms in total. The van der Waals surface area contributed by atoms with E-state index >= 15 is 0 Å². The molecule has 0 amide bonds. The summed E-state index contributed by atoms with van der Waals surface area (Å²) in [5.74, 6) is 0. The lowest BCUT2D eigenvalue weighted by atomic mass is 11.6. The predicted molar refractivity (Wildman–Crippen MR) is 29.8 cm³/mol. The van der Waals surface area contributed by atoms with Crippen molar-refractivity contribution in [3.05, 3.63) is 0 Å². The lowest BCUT2D eigenvalue weighted by molar-refractivity contribution is 0.197. The molecule has 0 saturated carbocycles. The first kappa shape index (κ1) is 6.89. The van der Waals surface area contributed by atoms with Crippen LogP contribution in [0.15, 0.2) is 0 Å². The van der Waals surface area contributed by atoms with E-state index in [0.717, 1.165) is 0 Å². The van der Waals surface area contributed by atoms with Crippen LogP contribution in [-0.4, -0.2) is 8.38 Å². The van der Waals surface area contributed by atoms with E-state index in [1.807, 2.05) is 0 Å². The van der Waals surface area contributed by atoms with Gasteiger partial charge in [0.05, 0.1) is 0 Å². The first-order valence-corrected chi connectivity index (χ1v) is 3.58. The molecule has 1 fully saturated rings. The molecule has 0 atom stereocenters. The normalized spacial score (nSPS) is 31.5. The molecule has 8 heavy (non-hydrogen) atoms. The zero-order valence-electron chi connectivity index (χ0n) is 3.33. The highest BCUT2D eigenvalue weighted by molar-refractivity contribution is 8.36. The van der Waals surface area contributed by atoms with Crippen LogP contribution in [0.1, 0.15) is 0 Å². The maximum atomic E-state index is 11.9. The third-order valence-corrected chi connectivity index (χ3v) is 2.89. The van der Waals surface area contributed by atoms with Gasteiger partial charge in [0.2, 0.25) is 0 Å². The second-order valence-corrected chi connectivity index (χ2v) is 5.18. The van der Waals surface area contributed by atoms with Gasteiger partial charge in [-0.05, 0) is 23.5 Å². The first-order chi connectivity index (χ1) is 3.41. The van der Waals surface area contributed by atoms with Crippen molar-refractivity contribution >= 4 is 35.1 Å². The van der Waals surface area contributed by atoms with Crippen LogP contribution in [0.25, 0.3) is 0 Å². The Kier molecular flexibility index (Phi) is 1.41. The number of alkyl halides is 4. The zero-order chi connectivity index (χ0) is 6.41. The zero-order valence-corrected chi connectivity index (χ0v) is 5.72. The quantitative estimate of drug-likeness (QED) is 0.526. The summed E-state index contributed by atoms with van der Waals surface area (Å²) in [6.07, 6.45) is 0. The molecule has 1 aliphatic rings. The van der Waals surface area contributed by atoms with E-state index in [0.29, 0.717) is 0 Å². The van der Waals surface area contributed by atoms with Gasteiger partial charge in [-0.2, -0.15) is 8.78 Å². The number of hydrogen-bond donors (Lipinski definition) is 0. The summed E-state index contributed by atoms with van der Waals surface area (Å²) >= 11 is 4.40. The molecular formula is C2ClF3S2. The molecule has 0 radical (unpaired) electrons. The smallest absolute Gasteiger partial charge is 0.201 e.